The molecule has 0 aromatic rings. The molecule has 0 aromatic carbocycles. The van der Waals surface area contributed by atoms with Crippen molar-refractivity contribution < 1.29 is 14.3 Å². The zero-order chi connectivity index (χ0) is 13.9. The Kier molecular flexibility index (Phi) is 4.99. The van der Waals surface area contributed by atoms with E-state index >= 15 is 0 Å². The average molecular weight is 285 g/mol. The number of nitrogens with zero attached hydrogens (tertiary/aromatic N) is 1. The molecule has 1 saturated heterocycles. The van der Waals surface area contributed by atoms with Crippen LogP contribution in [0.5, 0.6) is 0 Å². The first-order valence-corrected chi connectivity index (χ1v) is 8.12. The van der Waals surface area contributed by atoms with Gasteiger partial charge in [0, 0.05) is 18.5 Å². The third-order valence-corrected chi connectivity index (χ3v) is 4.99. The second kappa shape index (κ2) is 6.34. The monoisotopic (exact) mass is 285 g/mol. The summed E-state index contributed by atoms with van der Waals surface area (Å²) in [6.07, 6.45) is 7.28. The number of carbonyl (C=O) groups excluding carboxylic acids is 1. The molecule has 0 radical (unpaired) electrons. The predicted octanol–water partition coefficient (Wildman–Crippen LogP) is 2.35. The maximum Gasteiger partial charge on any atom is 0.309 e. The minimum absolute atomic E-state index is 0.00789. The van der Waals surface area contributed by atoms with Crippen molar-refractivity contribution in [3.8, 4) is 0 Å². The third-order valence-electron chi connectivity index (χ3n) is 4.19. The molecule has 1 aliphatic heterocycles. The fourth-order valence-corrected chi connectivity index (χ4v) is 3.15. The predicted molar refractivity (Wildman–Crippen MR) is 77.4 cm³/mol. The van der Waals surface area contributed by atoms with Crippen LogP contribution in [0.3, 0.4) is 0 Å². The minimum Gasteiger partial charge on any atom is -0.466 e. The summed E-state index contributed by atoms with van der Waals surface area (Å²) >= 11 is 0. The van der Waals surface area contributed by atoms with Crippen molar-refractivity contribution in [3.05, 3.63) is 0 Å². The number of ether oxygens (including phenoxy) is 2. The highest BCUT2D eigenvalue weighted by Crippen LogP contribution is 2.53. The third kappa shape index (κ3) is 3.77. The average Bonchev–Trinajstić information content (AvgIpc) is 3.10. The van der Waals surface area contributed by atoms with Crippen molar-refractivity contribution in [3.63, 3.8) is 0 Å². The van der Waals surface area contributed by atoms with E-state index in [1.54, 1.807) is 0 Å². The van der Waals surface area contributed by atoms with E-state index in [1.807, 2.05) is 6.92 Å². The Bertz CT molecular complexity index is 342. The highest BCUT2D eigenvalue weighted by atomic mass is 31.1. The second-order valence-corrected chi connectivity index (χ2v) is 6.62. The van der Waals surface area contributed by atoms with Crippen LogP contribution in [0.2, 0.25) is 0 Å². The number of esters is 1. The van der Waals surface area contributed by atoms with Crippen LogP contribution >= 0.6 is 8.35 Å². The fraction of sp³-hybridized carbons (Fsp3) is 0.857. The summed E-state index contributed by atoms with van der Waals surface area (Å²) in [4.78, 5) is 11.7. The van der Waals surface area contributed by atoms with Gasteiger partial charge in [-0.1, -0.05) is 13.2 Å². The van der Waals surface area contributed by atoms with Crippen LogP contribution in [0.1, 0.15) is 33.1 Å². The summed E-state index contributed by atoms with van der Waals surface area (Å²) in [6.45, 7) is 7.25. The van der Waals surface area contributed by atoms with Gasteiger partial charge >= 0.3 is 5.97 Å². The van der Waals surface area contributed by atoms with E-state index in [4.69, 9.17) is 9.47 Å². The molecule has 108 valence electrons. The number of rotatable bonds is 6. The lowest BCUT2D eigenvalue weighted by molar-refractivity contribution is -0.146. The molecule has 0 spiro atoms. The lowest BCUT2D eigenvalue weighted by Gasteiger charge is -2.29. The van der Waals surface area contributed by atoms with Gasteiger partial charge in [0.1, 0.15) is 0 Å². The number of hydrogen-bond donors (Lipinski definition) is 0. The van der Waals surface area contributed by atoms with Gasteiger partial charge in [-0.05, 0) is 34.5 Å². The van der Waals surface area contributed by atoms with Crippen LogP contribution in [0.4, 0.5) is 0 Å². The molecule has 1 aliphatic carbocycles. The van der Waals surface area contributed by atoms with Crippen LogP contribution < -0.4 is 0 Å². The van der Waals surface area contributed by atoms with E-state index in [-0.39, 0.29) is 17.3 Å². The van der Waals surface area contributed by atoms with Crippen molar-refractivity contribution in [2.75, 3.05) is 26.3 Å². The molecule has 2 unspecified atom stereocenters. The van der Waals surface area contributed by atoms with Gasteiger partial charge < -0.3 is 9.47 Å². The van der Waals surface area contributed by atoms with Gasteiger partial charge in [0.25, 0.3) is 0 Å². The SMILES string of the molecule is C=PN1CCC(OCC2(C)CC2C(=O)OCC)CC1. The van der Waals surface area contributed by atoms with E-state index in [0.717, 1.165) is 40.7 Å². The van der Waals surface area contributed by atoms with Crippen LogP contribution in [-0.4, -0.2) is 49.3 Å². The van der Waals surface area contributed by atoms with Crippen LogP contribution in [0, 0.1) is 11.3 Å². The van der Waals surface area contributed by atoms with Gasteiger partial charge in [-0.2, -0.15) is 0 Å². The largest absolute Gasteiger partial charge is 0.466 e. The minimum atomic E-state index is -0.0562. The normalized spacial score (nSPS) is 32.4. The van der Waals surface area contributed by atoms with Crippen molar-refractivity contribution in [2.24, 2.45) is 11.3 Å². The summed E-state index contributed by atoms with van der Waals surface area (Å²) in [5, 5.41) is 0. The Morgan fingerprint density at radius 2 is 2.16 bits per heavy atom. The molecule has 0 aromatic heterocycles. The Morgan fingerprint density at radius 3 is 2.74 bits per heavy atom. The maximum atomic E-state index is 11.7. The topological polar surface area (TPSA) is 38.8 Å². The number of piperidine rings is 1. The summed E-state index contributed by atoms with van der Waals surface area (Å²) in [6, 6.07) is 0. The summed E-state index contributed by atoms with van der Waals surface area (Å²) in [5.74, 6) is -0.00910. The Balaban J connectivity index is 1.69. The molecule has 2 fully saturated rings. The number of hydrogen-bond acceptors (Lipinski definition) is 4. The lowest BCUT2D eigenvalue weighted by atomic mass is 10.1. The van der Waals surface area contributed by atoms with Crippen LogP contribution in [-0.2, 0) is 14.3 Å². The summed E-state index contributed by atoms with van der Waals surface area (Å²) in [5.41, 5.74) is 0.00789. The quantitative estimate of drug-likeness (QED) is 0.555. The zero-order valence-electron chi connectivity index (χ0n) is 11.9. The van der Waals surface area contributed by atoms with E-state index < -0.39 is 0 Å². The first-order valence-electron chi connectivity index (χ1n) is 7.09. The van der Waals surface area contributed by atoms with Crippen molar-refractivity contribution in [1.82, 2.24) is 4.67 Å². The van der Waals surface area contributed by atoms with Gasteiger partial charge in [-0.3, -0.25) is 9.46 Å². The van der Waals surface area contributed by atoms with Gasteiger partial charge in [-0.15, -0.1) is 0 Å². The highest BCUT2D eigenvalue weighted by Gasteiger charge is 2.55. The molecule has 4 nitrogen and oxygen atoms in total. The molecular weight excluding hydrogens is 261 g/mol. The van der Waals surface area contributed by atoms with E-state index in [9.17, 15) is 4.79 Å². The Morgan fingerprint density at radius 1 is 1.47 bits per heavy atom. The summed E-state index contributed by atoms with van der Waals surface area (Å²) in [7, 11) is 1.11. The maximum absolute atomic E-state index is 11.7. The Hall–Kier alpha value is -0.440. The molecule has 0 N–H and O–H groups in total. The second-order valence-electron chi connectivity index (χ2n) is 5.77. The molecule has 5 heteroatoms. The molecule has 1 saturated carbocycles. The standard InChI is InChI=1S/C14H24NO3P/c1-4-17-13(16)12-9-14(12,2)10-18-11-5-7-15(19-3)8-6-11/h11-12H,3-10H2,1-2H3. The molecule has 2 aliphatic rings. The smallest absolute Gasteiger partial charge is 0.309 e. The van der Waals surface area contributed by atoms with E-state index in [2.05, 4.69) is 17.9 Å². The highest BCUT2D eigenvalue weighted by molar-refractivity contribution is 7.33. The zero-order valence-corrected chi connectivity index (χ0v) is 12.8. The Labute approximate surface area is 117 Å². The molecule has 0 amide bonds. The molecule has 1 heterocycles. The molecular formula is C14H24NO3P. The molecule has 2 rings (SSSR count). The van der Waals surface area contributed by atoms with Gasteiger partial charge in [0.15, 0.2) is 0 Å². The molecule has 0 bridgehead atoms. The van der Waals surface area contributed by atoms with E-state index in [0.29, 0.717) is 19.3 Å². The van der Waals surface area contributed by atoms with Crippen LogP contribution in [0.15, 0.2) is 0 Å². The van der Waals surface area contributed by atoms with Gasteiger partial charge in [0.05, 0.1) is 25.2 Å². The van der Waals surface area contributed by atoms with Gasteiger partial charge in [-0.25, -0.2) is 0 Å². The lowest BCUT2D eigenvalue weighted by Crippen LogP contribution is -2.32. The van der Waals surface area contributed by atoms with Crippen molar-refractivity contribution in [2.45, 2.75) is 39.2 Å². The van der Waals surface area contributed by atoms with Crippen molar-refractivity contribution in [1.29, 1.82) is 0 Å². The van der Waals surface area contributed by atoms with Crippen molar-refractivity contribution >= 4 is 20.6 Å². The molecule has 19 heavy (non-hydrogen) atoms. The molecule has 2 atom stereocenters. The number of carbonyl (C=O) groups is 1. The first kappa shape index (κ1) is 15.0. The first-order chi connectivity index (χ1) is 9.09. The summed E-state index contributed by atoms with van der Waals surface area (Å²) < 4.78 is 13.4. The van der Waals surface area contributed by atoms with Crippen LogP contribution in [0.25, 0.3) is 0 Å². The van der Waals surface area contributed by atoms with Gasteiger partial charge in [0.2, 0.25) is 0 Å². The van der Waals surface area contributed by atoms with E-state index in [1.165, 1.54) is 0 Å². The fourth-order valence-electron chi connectivity index (χ4n) is 2.64.